The summed E-state index contributed by atoms with van der Waals surface area (Å²) < 4.78 is 11.5. The maximum atomic E-state index is 11.9. The molecular weight excluding hydrogens is 472 g/mol. The molecule has 1 aromatic rings. The van der Waals surface area contributed by atoms with Crippen molar-refractivity contribution in [3.63, 3.8) is 0 Å². The van der Waals surface area contributed by atoms with E-state index < -0.39 is 0 Å². The van der Waals surface area contributed by atoms with E-state index in [0.29, 0.717) is 13.2 Å². The van der Waals surface area contributed by atoms with Crippen molar-refractivity contribution in [3.05, 3.63) is 24.3 Å². The molecule has 2 amide bonds. The van der Waals surface area contributed by atoms with Crippen molar-refractivity contribution in [1.29, 1.82) is 0 Å². The minimum absolute atomic E-state index is 0.110. The van der Waals surface area contributed by atoms with Gasteiger partial charge in [-0.3, -0.25) is 0 Å². The van der Waals surface area contributed by atoms with Gasteiger partial charge in [-0.15, -0.1) is 0 Å². The summed E-state index contributed by atoms with van der Waals surface area (Å²) in [7, 11) is 0. The van der Waals surface area contributed by atoms with E-state index in [0.717, 1.165) is 37.5 Å². The van der Waals surface area contributed by atoms with Gasteiger partial charge in [-0.1, -0.05) is 129 Å². The number of rotatable bonds is 27. The van der Waals surface area contributed by atoms with Gasteiger partial charge in [0.2, 0.25) is 0 Å². The van der Waals surface area contributed by atoms with Crippen molar-refractivity contribution in [2.24, 2.45) is 0 Å². The van der Waals surface area contributed by atoms with Gasteiger partial charge >= 0.3 is 6.03 Å². The van der Waals surface area contributed by atoms with Crippen LogP contribution in [0.25, 0.3) is 0 Å². The van der Waals surface area contributed by atoms with Crippen LogP contribution in [0.4, 0.5) is 4.79 Å². The molecule has 1 rings (SSSR count). The van der Waals surface area contributed by atoms with Crippen LogP contribution in [0, 0.1) is 0 Å². The van der Waals surface area contributed by atoms with Crippen LogP contribution in [0.1, 0.15) is 142 Å². The van der Waals surface area contributed by atoms with Gasteiger partial charge in [-0.05, 0) is 37.1 Å². The zero-order valence-electron chi connectivity index (χ0n) is 25.0. The summed E-state index contributed by atoms with van der Waals surface area (Å²) in [6.07, 6.45) is 26.4. The Bertz CT molecular complexity index is 636. The number of carbonyl (C=O) groups excluding carboxylic acids is 1. The van der Waals surface area contributed by atoms with Crippen molar-refractivity contribution in [1.82, 2.24) is 10.6 Å². The second kappa shape index (κ2) is 26.7. The van der Waals surface area contributed by atoms with Gasteiger partial charge in [0.05, 0.1) is 13.2 Å². The minimum Gasteiger partial charge on any atom is -0.494 e. The molecule has 5 heteroatoms. The zero-order valence-corrected chi connectivity index (χ0v) is 25.0. The number of hydrogen-bond acceptors (Lipinski definition) is 3. The van der Waals surface area contributed by atoms with Gasteiger partial charge in [0.1, 0.15) is 18.1 Å². The third-order valence-electron chi connectivity index (χ3n) is 7.06. The molecule has 2 N–H and O–H groups in total. The van der Waals surface area contributed by atoms with E-state index >= 15 is 0 Å². The van der Waals surface area contributed by atoms with E-state index in [1.165, 1.54) is 116 Å². The first kappa shape index (κ1) is 34.1. The normalized spacial score (nSPS) is 10.9. The second-order valence-corrected chi connectivity index (χ2v) is 10.7. The van der Waals surface area contributed by atoms with Crippen LogP contribution in [-0.4, -0.2) is 32.3 Å². The lowest BCUT2D eigenvalue weighted by molar-refractivity contribution is 0.236. The molecule has 0 unspecified atom stereocenters. The number of benzene rings is 1. The van der Waals surface area contributed by atoms with Crippen LogP contribution in [0.2, 0.25) is 0 Å². The first-order chi connectivity index (χ1) is 18.8. The molecule has 0 atom stereocenters. The number of nitrogens with one attached hydrogen (secondary N) is 2. The maximum Gasteiger partial charge on any atom is 0.314 e. The number of ether oxygens (including phenoxy) is 2. The summed E-state index contributed by atoms with van der Waals surface area (Å²) in [6.45, 7) is 6.97. The number of unbranched alkanes of at least 4 members (excludes halogenated alkanes) is 18. The molecule has 1 aromatic carbocycles. The Balaban J connectivity index is 1.86. The van der Waals surface area contributed by atoms with E-state index in [9.17, 15) is 4.79 Å². The average molecular weight is 533 g/mol. The number of urea groups is 1. The summed E-state index contributed by atoms with van der Waals surface area (Å²) >= 11 is 0. The molecule has 0 aromatic heterocycles. The van der Waals surface area contributed by atoms with Crippen LogP contribution < -0.4 is 20.1 Å². The van der Waals surface area contributed by atoms with E-state index in [2.05, 4.69) is 24.5 Å². The number of hydrogen-bond donors (Lipinski definition) is 2. The fourth-order valence-corrected chi connectivity index (χ4v) is 4.62. The van der Waals surface area contributed by atoms with Gasteiger partial charge in [0.15, 0.2) is 0 Å². The zero-order chi connectivity index (χ0) is 27.4. The molecule has 0 spiro atoms. The van der Waals surface area contributed by atoms with Gasteiger partial charge in [0, 0.05) is 6.54 Å². The highest BCUT2D eigenvalue weighted by Crippen LogP contribution is 2.18. The summed E-state index contributed by atoms with van der Waals surface area (Å²) in [5.74, 6) is 1.67. The maximum absolute atomic E-state index is 11.9. The lowest BCUT2D eigenvalue weighted by Gasteiger charge is -2.10. The van der Waals surface area contributed by atoms with Crippen molar-refractivity contribution < 1.29 is 14.3 Å². The molecule has 0 saturated heterocycles. The predicted octanol–water partition coefficient (Wildman–Crippen LogP) is 9.59. The molecule has 0 aliphatic rings. The highest BCUT2D eigenvalue weighted by atomic mass is 16.5. The molecule has 0 bridgehead atoms. The number of amides is 2. The fourth-order valence-electron chi connectivity index (χ4n) is 4.62. The number of carbonyl (C=O) groups is 1. The molecule has 38 heavy (non-hydrogen) atoms. The average Bonchev–Trinajstić information content (AvgIpc) is 2.93. The first-order valence-electron chi connectivity index (χ1n) is 16.1. The van der Waals surface area contributed by atoms with Crippen molar-refractivity contribution in [2.75, 3.05) is 26.3 Å². The first-order valence-corrected chi connectivity index (χ1v) is 16.1. The Morgan fingerprint density at radius 1 is 0.500 bits per heavy atom. The molecule has 0 aliphatic carbocycles. The summed E-state index contributed by atoms with van der Waals surface area (Å²) in [5, 5.41) is 5.82. The standard InChI is InChI=1S/C33H60N2O3/c1-3-5-7-9-11-12-13-14-15-16-17-18-19-21-27-34-33(36)35-28-30-38-32-25-23-31(24-26-32)37-29-22-20-10-8-6-4-2/h23-26H,3-22,27-30H2,1-2H3,(H2,34,35,36). The SMILES string of the molecule is CCCCCCCCCCCCCCCCNC(=O)NCCOc1ccc(OCCCCCCCC)cc1. The van der Waals surface area contributed by atoms with Gasteiger partial charge in [-0.2, -0.15) is 0 Å². The van der Waals surface area contributed by atoms with Gasteiger partial charge in [0.25, 0.3) is 0 Å². The third kappa shape index (κ3) is 22.1. The van der Waals surface area contributed by atoms with Gasteiger partial charge < -0.3 is 20.1 Å². The van der Waals surface area contributed by atoms with Crippen molar-refractivity contribution in [3.8, 4) is 11.5 Å². The van der Waals surface area contributed by atoms with Crippen LogP contribution in [0.3, 0.4) is 0 Å². The molecule has 0 aliphatic heterocycles. The van der Waals surface area contributed by atoms with Crippen LogP contribution in [0.5, 0.6) is 11.5 Å². The molecule has 0 radical (unpaired) electrons. The fraction of sp³-hybridized carbons (Fsp3) is 0.788. The van der Waals surface area contributed by atoms with Crippen LogP contribution in [0.15, 0.2) is 24.3 Å². The van der Waals surface area contributed by atoms with E-state index in [1.807, 2.05) is 24.3 Å². The summed E-state index contributed by atoms with van der Waals surface area (Å²) in [4.78, 5) is 11.9. The molecule has 220 valence electrons. The molecule has 5 nitrogen and oxygen atoms in total. The van der Waals surface area contributed by atoms with Crippen molar-refractivity contribution >= 4 is 6.03 Å². The smallest absolute Gasteiger partial charge is 0.314 e. The highest BCUT2D eigenvalue weighted by Gasteiger charge is 2.01. The Morgan fingerprint density at radius 2 is 0.868 bits per heavy atom. The van der Waals surface area contributed by atoms with E-state index in [-0.39, 0.29) is 6.03 Å². The Morgan fingerprint density at radius 3 is 1.34 bits per heavy atom. The third-order valence-corrected chi connectivity index (χ3v) is 7.06. The summed E-state index contributed by atoms with van der Waals surface area (Å²) in [6, 6.07) is 7.63. The predicted molar refractivity (Wildman–Crippen MR) is 163 cm³/mol. The molecular formula is C33H60N2O3. The van der Waals surface area contributed by atoms with E-state index in [1.54, 1.807) is 0 Å². The monoisotopic (exact) mass is 532 g/mol. The summed E-state index contributed by atoms with van der Waals surface area (Å²) in [5.41, 5.74) is 0. The second-order valence-electron chi connectivity index (χ2n) is 10.7. The topological polar surface area (TPSA) is 59.6 Å². The Hall–Kier alpha value is -1.91. The van der Waals surface area contributed by atoms with Crippen LogP contribution >= 0.6 is 0 Å². The minimum atomic E-state index is -0.110. The Kier molecular flexibility index (Phi) is 24.0. The van der Waals surface area contributed by atoms with Crippen molar-refractivity contribution in [2.45, 2.75) is 142 Å². The molecule has 0 saturated carbocycles. The lowest BCUT2D eigenvalue weighted by Crippen LogP contribution is -2.38. The van der Waals surface area contributed by atoms with Gasteiger partial charge in [-0.25, -0.2) is 4.79 Å². The molecule has 0 heterocycles. The largest absolute Gasteiger partial charge is 0.494 e. The highest BCUT2D eigenvalue weighted by molar-refractivity contribution is 5.73. The van der Waals surface area contributed by atoms with E-state index in [4.69, 9.17) is 9.47 Å². The van der Waals surface area contributed by atoms with Crippen LogP contribution in [-0.2, 0) is 0 Å². The molecule has 0 fully saturated rings. The lowest BCUT2D eigenvalue weighted by atomic mass is 10.0. The Labute approximate surface area is 235 Å². The quantitative estimate of drug-likeness (QED) is 0.111.